The van der Waals surface area contributed by atoms with Gasteiger partial charge in [0.1, 0.15) is 6.04 Å². The zero-order chi connectivity index (χ0) is 19.8. The number of benzene rings is 2. The van der Waals surface area contributed by atoms with Crippen LogP contribution in [0.5, 0.6) is 0 Å². The molecule has 2 aromatic carbocycles. The number of hydrogen-bond donors (Lipinski definition) is 4. The maximum Gasteiger partial charge on any atom is 0.323 e. The molecule has 0 aliphatic heterocycles. The van der Waals surface area contributed by atoms with Crippen molar-refractivity contribution in [2.24, 2.45) is 5.92 Å². The Labute approximate surface area is 158 Å². The van der Waals surface area contributed by atoms with Gasteiger partial charge >= 0.3 is 6.03 Å². The molecule has 142 valence electrons. The quantitative estimate of drug-likeness (QED) is 0.628. The van der Waals surface area contributed by atoms with Gasteiger partial charge in [-0.3, -0.25) is 9.59 Å². The third-order valence-electron chi connectivity index (χ3n) is 3.75. The molecule has 7 nitrogen and oxygen atoms in total. The summed E-state index contributed by atoms with van der Waals surface area (Å²) in [5.74, 6) is -0.591. The van der Waals surface area contributed by atoms with Crippen LogP contribution in [-0.2, 0) is 9.59 Å². The van der Waals surface area contributed by atoms with Crippen LogP contribution < -0.4 is 21.3 Å². The molecular formula is C20H24N4O3. The second-order valence-electron chi connectivity index (χ2n) is 6.43. The van der Waals surface area contributed by atoms with Gasteiger partial charge in [0, 0.05) is 24.0 Å². The van der Waals surface area contributed by atoms with Crippen LogP contribution in [0.25, 0.3) is 0 Å². The summed E-state index contributed by atoms with van der Waals surface area (Å²) in [4.78, 5) is 35.6. The monoisotopic (exact) mass is 368 g/mol. The standard InChI is InChI=1S/C20H24N4O3/c1-13(2)18(21-14(3)25)19(26)22-16-9-11-17(12-10-16)24-20(27)23-15-7-5-4-6-8-15/h4-13,18H,1-3H3,(H,21,25)(H,22,26)(H2,23,24,27). The molecule has 7 heteroatoms. The Morgan fingerprint density at radius 3 is 1.70 bits per heavy atom. The zero-order valence-corrected chi connectivity index (χ0v) is 15.6. The molecule has 0 saturated carbocycles. The maximum atomic E-state index is 12.3. The first-order valence-electron chi connectivity index (χ1n) is 8.66. The molecule has 0 aromatic heterocycles. The molecule has 0 radical (unpaired) electrons. The van der Waals surface area contributed by atoms with Crippen molar-refractivity contribution in [1.82, 2.24) is 5.32 Å². The van der Waals surface area contributed by atoms with E-state index in [1.165, 1.54) is 6.92 Å². The van der Waals surface area contributed by atoms with Crippen molar-refractivity contribution in [2.75, 3.05) is 16.0 Å². The highest BCUT2D eigenvalue weighted by molar-refractivity contribution is 6.00. The summed E-state index contributed by atoms with van der Waals surface area (Å²) in [7, 11) is 0. The number of rotatable bonds is 6. The molecule has 0 spiro atoms. The zero-order valence-electron chi connectivity index (χ0n) is 15.6. The number of para-hydroxylation sites is 1. The molecule has 0 fully saturated rings. The van der Waals surface area contributed by atoms with Crippen LogP contribution in [0.2, 0.25) is 0 Å². The van der Waals surface area contributed by atoms with E-state index in [0.29, 0.717) is 17.1 Å². The molecule has 0 aliphatic carbocycles. The summed E-state index contributed by atoms with van der Waals surface area (Å²) < 4.78 is 0. The lowest BCUT2D eigenvalue weighted by molar-refractivity contribution is -0.126. The first-order valence-corrected chi connectivity index (χ1v) is 8.66. The van der Waals surface area contributed by atoms with Crippen LogP contribution in [0.1, 0.15) is 20.8 Å². The molecule has 2 aromatic rings. The van der Waals surface area contributed by atoms with Crippen LogP contribution in [0.4, 0.5) is 21.9 Å². The lowest BCUT2D eigenvalue weighted by atomic mass is 10.0. The molecule has 27 heavy (non-hydrogen) atoms. The van der Waals surface area contributed by atoms with Crippen LogP contribution in [0.15, 0.2) is 54.6 Å². The molecule has 4 N–H and O–H groups in total. The maximum absolute atomic E-state index is 12.3. The molecule has 0 saturated heterocycles. The van der Waals surface area contributed by atoms with E-state index < -0.39 is 6.04 Å². The van der Waals surface area contributed by atoms with Crippen LogP contribution in [0.3, 0.4) is 0 Å². The minimum atomic E-state index is -0.614. The van der Waals surface area contributed by atoms with Gasteiger partial charge in [0.25, 0.3) is 0 Å². The Morgan fingerprint density at radius 2 is 1.22 bits per heavy atom. The number of amides is 4. The van der Waals surface area contributed by atoms with Crippen molar-refractivity contribution >= 4 is 34.9 Å². The van der Waals surface area contributed by atoms with Crippen molar-refractivity contribution in [3.63, 3.8) is 0 Å². The van der Waals surface area contributed by atoms with E-state index >= 15 is 0 Å². The van der Waals surface area contributed by atoms with Crippen LogP contribution >= 0.6 is 0 Å². The van der Waals surface area contributed by atoms with Gasteiger partial charge in [-0.1, -0.05) is 32.0 Å². The summed E-state index contributed by atoms with van der Waals surface area (Å²) in [6.45, 7) is 5.10. The summed E-state index contributed by atoms with van der Waals surface area (Å²) in [6.07, 6.45) is 0. The third-order valence-corrected chi connectivity index (χ3v) is 3.75. The number of carbonyl (C=O) groups excluding carboxylic acids is 3. The number of carbonyl (C=O) groups is 3. The molecule has 0 heterocycles. The number of anilines is 3. The Hall–Kier alpha value is -3.35. The van der Waals surface area contributed by atoms with Crippen molar-refractivity contribution in [2.45, 2.75) is 26.8 Å². The summed E-state index contributed by atoms with van der Waals surface area (Å²) in [5, 5.41) is 10.9. The van der Waals surface area contributed by atoms with E-state index in [1.807, 2.05) is 32.0 Å². The van der Waals surface area contributed by atoms with Crippen molar-refractivity contribution < 1.29 is 14.4 Å². The largest absolute Gasteiger partial charge is 0.344 e. The Balaban J connectivity index is 1.93. The fourth-order valence-corrected chi connectivity index (χ4v) is 2.43. The first kappa shape index (κ1) is 20.0. The van der Waals surface area contributed by atoms with Gasteiger partial charge in [0.15, 0.2) is 0 Å². The Bertz CT molecular complexity index is 789. The molecule has 1 unspecified atom stereocenters. The Morgan fingerprint density at radius 1 is 0.741 bits per heavy atom. The van der Waals surface area contributed by atoms with Crippen molar-refractivity contribution in [1.29, 1.82) is 0 Å². The average molecular weight is 368 g/mol. The highest BCUT2D eigenvalue weighted by atomic mass is 16.2. The molecule has 0 bridgehead atoms. The van der Waals surface area contributed by atoms with E-state index in [2.05, 4.69) is 21.3 Å². The van der Waals surface area contributed by atoms with E-state index in [9.17, 15) is 14.4 Å². The van der Waals surface area contributed by atoms with Crippen LogP contribution in [0, 0.1) is 5.92 Å². The van der Waals surface area contributed by atoms with Crippen LogP contribution in [-0.4, -0.2) is 23.9 Å². The minimum absolute atomic E-state index is 0.0449. The highest BCUT2D eigenvalue weighted by Crippen LogP contribution is 2.15. The predicted molar refractivity (Wildman–Crippen MR) is 107 cm³/mol. The minimum Gasteiger partial charge on any atom is -0.344 e. The summed E-state index contributed by atoms with van der Waals surface area (Å²) in [6, 6.07) is 14.9. The molecule has 0 aliphatic rings. The van der Waals surface area contributed by atoms with E-state index in [0.717, 1.165) is 0 Å². The van der Waals surface area contributed by atoms with Crippen molar-refractivity contribution in [3.05, 3.63) is 54.6 Å². The molecule has 2 rings (SSSR count). The SMILES string of the molecule is CC(=O)NC(C(=O)Nc1ccc(NC(=O)Nc2ccccc2)cc1)C(C)C. The average Bonchev–Trinajstić information content (AvgIpc) is 2.61. The number of hydrogen-bond acceptors (Lipinski definition) is 3. The summed E-state index contributed by atoms with van der Waals surface area (Å²) >= 11 is 0. The molecular weight excluding hydrogens is 344 g/mol. The van der Waals surface area contributed by atoms with Gasteiger partial charge in [-0.25, -0.2) is 4.79 Å². The topological polar surface area (TPSA) is 99.3 Å². The van der Waals surface area contributed by atoms with E-state index in [4.69, 9.17) is 0 Å². The van der Waals surface area contributed by atoms with Gasteiger partial charge in [0.2, 0.25) is 11.8 Å². The Kier molecular flexibility index (Phi) is 6.93. The van der Waals surface area contributed by atoms with E-state index in [1.54, 1.807) is 36.4 Å². The van der Waals surface area contributed by atoms with Gasteiger partial charge in [-0.15, -0.1) is 0 Å². The van der Waals surface area contributed by atoms with Gasteiger partial charge in [-0.05, 0) is 42.3 Å². The lowest BCUT2D eigenvalue weighted by Gasteiger charge is -2.21. The summed E-state index contributed by atoms with van der Waals surface area (Å²) in [5.41, 5.74) is 1.85. The fourth-order valence-electron chi connectivity index (χ4n) is 2.43. The number of urea groups is 1. The van der Waals surface area contributed by atoms with Gasteiger partial charge in [-0.2, -0.15) is 0 Å². The third kappa shape index (κ3) is 6.47. The lowest BCUT2D eigenvalue weighted by Crippen LogP contribution is -2.46. The highest BCUT2D eigenvalue weighted by Gasteiger charge is 2.22. The number of nitrogens with one attached hydrogen (secondary N) is 4. The van der Waals surface area contributed by atoms with Crippen molar-refractivity contribution in [3.8, 4) is 0 Å². The normalized spacial score (nSPS) is 11.4. The smallest absolute Gasteiger partial charge is 0.323 e. The van der Waals surface area contributed by atoms with Gasteiger partial charge < -0.3 is 21.3 Å². The molecule has 4 amide bonds. The second-order valence-corrected chi connectivity index (χ2v) is 6.43. The predicted octanol–water partition coefficient (Wildman–Crippen LogP) is 3.43. The first-order chi connectivity index (χ1) is 12.8. The second kappa shape index (κ2) is 9.38. The fraction of sp³-hybridized carbons (Fsp3) is 0.250. The van der Waals surface area contributed by atoms with E-state index in [-0.39, 0.29) is 23.8 Å². The van der Waals surface area contributed by atoms with Gasteiger partial charge in [0.05, 0.1) is 0 Å². The molecule has 1 atom stereocenters.